The molecule has 0 bridgehead atoms. The highest BCUT2D eigenvalue weighted by Gasteiger charge is 2.16. The second-order valence-electron chi connectivity index (χ2n) is 3.92. The molecule has 0 rings (SSSR count). The van der Waals surface area contributed by atoms with Gasteiger partial charge in [0.2, 0.25) is 0 Å². The van der Waals surface area contributed by atoms with Gasteiger partial charge in [0.1, 0.15) is 12.1 Å². The fourth-order valence-electron chi connectivity index (χ4n) is 0.743. The molecule has 0 unspecified atom stereocenters. The van der Waals surface area contributed by atoms with E-state index in [1.54, 1.807) is 13.8 Å². The van der Waals surface area contributed by atoms with Crippen LogP contribution in [0, 0.1) is 11.8 Å². The lowest BCUT2D eigenvalue weighted by atomic mass is 10.0. The first-order valence-corrected chi connectivity index (χ1v) is 5.40. The summed E-state index contributed by atoms with van der Waals surface area (Å²) < 4.78 is 0. The average molecular weight is 258 g/mol. The van der Waals surface area contributed by atoms with Gasteiger partial charge in [-0.1, -0.05) is 26.0 Å². The molecule has 6 heteroatoms. The Bertz CT molecular complexity index is 274. The number of rotatable bonds is 6. The lowest BCUT2D eigenvalue weighted by Gasteiger charge is -2.09. The molecule has 18 heavy (non-hydrogen) atoms. The molecule has 0 radical (unpaired) electrons. The van der Waals surface area contributed by atoms with Crippen LogP contribution in [0.1, 0.15) is 13.8 Å². The van der Waals surface area contributed by atoms with E-state index >= 15 is 0 Å². The third-order valence-electron chi connectivity index (χ3n) is 2.45. The molecule has 0 aliphatic rings. The van der Waals surface area contributed by atoms with Gasteiger partial charge in [0.15, 0.2) is 0 Å². The Kier molecular flexibility index (Phi) is 9.74. The van der Waals surface area contributed by atoms with Crippen molar-refractivity contribution >= 4 is 11.9 Å². The van der Waals surface area contributed by atoms with E-state index in [1.807, 2.05) is 0 Å². The van der Waals surface area contributed by atoms with E-state index in [0.29, 0.717) is 0 Å². The quantitative estimate of drug-likeness (QED) is 0.512. The van der Waals surface area contributed by atoms with Crippen LogP contribution >= 0.6 is 0 Å². The van der Waals surface area contributed by atoms with Crippen molar-refractivity contribution < 1.29 is 19.8 Å². The van der Waals surface area contributed by atoms with Crippen molar-refractivity contribution in [3.8, 4) is 0 Å². The first kappa shape index (κ1) is 18.7. The molecule has 0 aromatic carbocycles. The van der Waals surface area contributed by atoms with Gasteiger partial charge in [-0.3, -0.25) is 9.59 Å². The number of carboxylic acid groups (broad SMARTS) is 2. The summed E-state index contributed by atoms with van der Waals surface area (Å²) in [6.07, 6.45) is 3.05. The van der Waals surface area contributed by atoms with Crippen LogP contribution in [0.3, 0.4) is 0 Å². The topological polar surface area (TPSA) is 127 Å². The van der Waals surface area contributed by atoms with Crippen LogP contribution in [0.2, 0.25) is 0 Å². The summed E-state index contributed by atoms with van der Waals surface area (Å²) in [6.45, 7) is 10.3. The zero-order valence-electron chi connectivity index (χ0n) is 10.7. The lowest BCUT2D eigenvalue weighted by Crippen LogP contribution is -2.35. The molecule has 0 amide bonds. The summed E-state index contributed by atoms with van der Waals surface area (Å²) in [6, 6.07) is -1.63. The summed E-state index contributed by atoms with van der Waals surface area (Å²) in [5, 5.41) is 16.6. The molecule has 0 fully saturated rings. The van der Waals surface area contributed by atoms with E-state index in [2.05, 4.69) is 13.2 Å². The minimum Gasteiger partial charge on any atom is -0.480 e. The molecule has 0 spiro atoms. The normalized spacial score (nSPS) is 16.2. The Balaban J connectivity index is 0. The molecule has 0 aliphatic carbocycles. The first-order valence-electron chi connectivity index (χ1n) is 5.40. The lowest BCUT2D eigenvalue weighted by molar-refractivity contribution is -0.140. The Labute approximate surface area is 107 Å². The second kappa shape index (κ2) is 9.38. The summed E-state index contributed by atoms with van der Waals surface area (Å²) in [5.41, 5.74) is 10.4. The SMILES string of the molecule is C=C[C@H](C)[C@H](N)C(=O)O.C=C[C@H](C)[C@H](N)C(=O)O. The number of aliphatic carboxylic acids is 2. The van der Waals surface area contributed by atoms with Gasteiger partial charge in [0.25, 0.3) is 0 Å². The molecule has 0 saturated heterocycles. The number of hydrogen-bond acceptors (Lipinski definition) is 4. The van der Waals surface area contributed by atoms with Crippen molar-refractivity contribution in [1.29, 1.82) is 0 Å². The maximum Gasteiger partial charge on any atom is 0.321 e. The van der Waals surface area contributed by atoms with Gasteiger partial charge in [0.05, 0.1) is 0 Å². The van der Waals surface area contributed by atoms with E-state index in [1.165, 1.54) is 12.2 Å². The Morgan fingerprint density at radius 1 is 0.944 bits per heavy atom. The average Bonchev–Trinajstić information content (AvgIpc) is 2.35. The zero-order chi connectivity index (χ0) is 14.9. The van der Waals surface area contributed by atoms with Crippen LogP contribution in [-0.4, -0.2) is 34.2 Å². The van der Waals surface area contributed by atoms with Crippen molar-refractivity contribution in [3.05, 3.63) is 25.3 Å². The van der Waals surface area contributed by atoms with E-state index in [4.69, 9.17) is 21.7 Å². The van der Waals surface area contributed by atoms with Crippen molar-refractivity contribution in [2.75, 3.05) is 0 Å². The predicted molar refractivity (Wildman–Crippen MR) is 69.9 cm³/mol. The van der Waals surface area contributed by atoms with E-state index in [-0.39, 0.29) is 11.8 Å². The highest BCUT2D eigenvalue weighted by Crippen LogP contribution is 2.00. The van der Waals surface area contributed by atoms with Crippen LogP contribution in [0.4, 0.5) is 0 Å². The summed E-state index contributed by atoms with van der Waals surface area (Å²) >= 11 is 0. The van der Waals surface area contributed by atoms with Gasteiger partial charge >= 0.3 is 11.9 Å². The molecule has 4 atom stereocenters. The molecule has 0 aliphatic heterocycles. The fraction of sp³-hybridized carbons (Fsp3) is 0.500. The number of carboxylic acids is 2. The minimum atomic E-state index is -0.984. The van der Waals surface area contributed by atoms with Gasteiger partial charge in [0, 0.05) is 0 Å². The summed E-state index contributed by atoms with van der Waals surface area (Å²) in [7, 11) is 0. The molecule has 0 aromatic rings. The van der Waals surface area contributed by atoms with Crippen LogP contribution < -0.4 is 11.5 Å². The smallest absolute Gasteiger partial charge is 0.321 e. The molecule has 6 N–H and O–H groups in total. The third kappa shape index (κ3) is 7.59. The minimum absolute atomic E-state index is 0.164. The molecular weight excluding hydrogens is 236 g/mol. The number of carbonyl (C=O) groups is 2. The Morgan fingerprint density at radius 3 is 1.22 bits per heavy atom. The molecular formula is C12H22N2O4. The maximum atomic E-state index is 10.1. The van der Waals surface area contributed by atoms with Gasteiger partial charge in [-0.15, -0.1) is 13.2 Å². The maximum absolute atomic E-state index is 10.1. The van der Waals surface area contributed by atoms with Crippen molar-refractivity contribution in [2.24, 2.45) is 23.3 Å². The van der Waals surface area contributed by atoms with Crippen molar-refractivity contribution in [1.82, 2.24) is 0 Å². The van der Waals surface area contributed by atoms with Gasteiger partial charge in [-0.2, -0.15) is 0 Å². The molecule has 6 nitrogen and oxygen atoms in total. The van der Waals surface area contributed by atoms with Crippen LogP contribution in [0.5, 0.6) is 0 Å². The number of nitrogens with two attached hydrogens (primary N) is 2. The molecule has 0 saturated carbocycles. The van der Waals surface area contributed by atoms with Crippen LogP contribution in [0.15, 0.2) is 25.3 Å². The van der Waals surface area contributed by atoms with Gasteiger partial charge in [-0.25, -0.2) is 0 Å². The summed E-state index contributed by atoms with van der Waals surface area (Å²) in [5.74, 6) is -2.30. The highest BCUT2D eigenvalue weighted by atomic mass is 16.4. The van der Waals surface area contributed by atoms with Crippen molar-refractivity contribution in [3.63, 3.8) is 0 Å². The van der Waals surface area contributed by atoms with Crippen LogP contribution in [-0.2, 0) is 9.59 Å². The van der Waals surface area contributed by atoms with Gasteiger partial charge < -0.3 is 21.7 Å². The standard InChI is InChI=1S/2C6H11NO2/c2*1-3-4(2)5(7)6(8)9/h2*3-5H,1,7H2,2H3,(H,8,9)/t2*4-,5-/m00/s1. The third-order valence-corrected chi connectivity index (χ3v) is 2.45. The van der Waals surface area contributed by atoms with E-state index in [0.717, 1.165) is 0 Å². The van der Waals surface area contributed by atoms with Crippen LogP contribution in [0.25, 0.3) is 0 Å². The predicted octanol–water partition coefficient (Wildman–Crippen LogP) is 0.441. The second-order valence-corrected chi connectivity index (χ2v) is 3.92. The Morgan fingerprint density at radius 2 is 1.17 bits per heavy atom. The zero-order valence-corrected chi connectivity index (χ0v) is 10.7. The molecule has 0 aromatic heterocycles. The highest BCUT2D eigenvalue weighted by molar-refractivity contribution is 5.74. The monoisotopic (exact) mass is 258 g/mol. The summed E-state index contributed by atoms with van der Waals surface area (Å²) in [4.78, 5) is 20.3. The first-order chi connectivity index (χ1) is 8.18. The van der Waals surface area contributed by atoms with Gasteiger partial charge in [-0.05, 0) is 11.8 Å². The Hall–Kier alpha value is -1.66. The molecule has 0 heterocycles. The fourth-order valence-corrected chi connectivity index (χ4v) is 0.743. The number of hydrogen-bond donors (Lipinski definition) is 4. The van der Waals surface area contributed by atoms with E-state index in [9.17, 15) is 9.59 Å². The largest absolute Gasteiger partial charge is 0.480 e. The molecule has 104 valence electrons. The van der Waals surface area contributed by atoms with Crippen molar-refractivity contribution in [2.45, 2.75) is 25.9 Å². The van der Waals surface area contributed by atoms with E-state index < -0.39 is 24.0 Å².